The van der Waals surface area contributed by atoms with Gasteiger partial charge in [-0.2, -0.15) is 0 Å². The summed E-state index contributed by atoms with van der Waals surface area (Å²) in [5.41, 5.74) is 2.94. The number of hydrogen-bond acceptors (Lipinski definition) is 1. The van der Waals surface area contributed by atoms with Crippen LogP contribution in [0.3, 0.4) is 0 Å². The molecule has 0 aromatic heterocycles. The van der Waals surface area contributed by atoms with Gasteiger partial charge in [0.2, 0.25) is 0 Å². The maximum atomic E-state index is 11.0. The van der Waals surface area contributed by atoms with Crippen molar-refractivity contribution < 1.29 is 21.8 Å². The summed E-state index contributed by atoms with van der Waals surface area (Å²) >= 11 is 0. The standard InChI is InChI=1S/C31H24OP.BrH/c32-24-25-16-18-26(19-17-25)27-20-22-31(23-21-27)33(28-10-4-1-5-11-28,29-12-6-2-7-13-29)30-14-8-3-9-15-30;/h1-24H;1H/q+1;/p-1. The first-order chi connectivity index (χ1) is 16.3. The number of benzene rings is 5. The van der Waals surface area contributed by atoms with Gasteiger partial charge < -0.3 is 17.0 Å². The molecular weight excluding hydrogens is 499 g/mol. The molecule has 0 saturated heterocycles. The largest absolute Gasteiger partial charge is 1.00 e. The summed E-state index contributed by atoms with van der Waals surface area (Å²) in [6, 6.07) is 49.4. The Bertz CT molecular complexity index is 1240. The smallest absolute Gasteiger partial charge is 0.150 e. The van der Waals surface area contributed by atoms with Crippen LogP contribution in [0.1, 0.15) is 10.4 Å². The van der Waals surface area contributed by atoms with Crippen molar-refractivity contribution in [2.75, 3.05) is 0 Å². The highest BCUT2D eigenvalue weighted by Crippen LogP contribution is 2.54. The van der Waals surface area contributed by atoms with Crippen LogP contribution >= 0.6 is 7.26 Å². The monoisotopic (exact) mass is 522 g/mol. The summed E-state index contributed by atoms with van der Waals surface area (Å²) in [6.45, 7) is 0. The van der Waals surface area contributed by atoms with Crippen LogP contribution in [0.5, 0.6) is 0 Å². The molecule has 5 rings (SSSR count). The summed E-state index contributed by atoms with van der Waals surface area (Å²) in [7, 11) is -2.08. The number of hydrogen-bond donors (Lipinski definition) is 0. The normalized spacial score (nSPS) is 10.8. The second-order valence-electron chi connectivity index (χ2n) is 7.96. The van der Waals surface area contributed by atoms with E-state index in [4.69, 9.17) is 0 Å². The Balaban J connectivity index is 0.00000274. The van der Waals surface area contributed by atoms with Crippen molar-refractivity contribution in [1.29, 1.82) is 0 Å². The Hall–Kier alpha value is -3.32. The highest BCUT2D eigenvalue weighted by Gasteiger charge is 2.47. The molecule has 0 spiro atoms. The van der Waals surface area contributed by atoms with E-state index in [-0.39, 0.29) is 17.0 Å². The third kappa shape index (κ3) is 4.40. The fourth-order valence-electron chi connectivity index (χ4n) is 4.48. The van der Waals surface area contributed by atoms with Crippen molar-refractivity contribution in [2.45, 2.75) is 0 Å². The molecule has 0 saturated carbocycles. The van der Waals surface area contributed by atoms with Crippen molar-refractivity contribution in [3.63, 3.8) is 0 Å². The SMILES string of the molecule is O=Cc1ccc(-c2ccc([P+](c3ccccc3)(c3ccccc3)c3ccccc3)cc2)cc1.[Br-]. The van der Waals surface area contributed by atoms with Gasteiger partial charge in [0, 0.05) is 5.56 Å². The molecule has 0 atom stereocenters. The van der Waals surface area contributed by atoms with Gasteiger partial charge in [0.05, 0.1) is 0 Å². The number of aldehydes is 1. The molecule has 0 aliphatic heterocycles. The van der Waals surface area contributed by atoms with Gasteiger partial charge in [0.15, 0.2) is 0 Å². The molecule has 3 heteroatoms. The number of halogens is 1. The average molecular weight is 523 g/mol. The molecule has 0 fully saturated rings. The fraction of sp³-hybridized carbons (Fsp3) is 0. The molecule has 5 aromatic rings. The molecule has 0 N–H and O–H groups in total. The Kier molecular flexibility index (Phi) is 7.53. The molecule has 0 aliphatic carbocycles. The molecular formula is C31H24BrOP. The van der Waals surface area contributed by atoms with Crippen LogP contribution in [0.2, 0.25) is 0 Å². The summed E-state index contributed by atoms with van der Waals surface area (Å²) < 4.78 is 0. The molecule has 0 heterocycles. The molecule has 0 bridgehead atoms. The third-order valence-corrected chi connectivity index (χ3v) is 10.4. The zero-order valence-corrected chi connectivity index (χ0v) is 21.1. The van der Waals surface area contributed by atoms with Gasteiger partial charge >= 0.3 is 0 Å². The first-order valence-electron chi connectivity index (χ1n) is 11.0. The van der Waals surface area contributed by atoms with E-state index in [0.29, 0.717) is 5.56 Å². The highest BCUT2D eigenvalue weighted by molar-refractivity contribution is 8.01. The van der Waals surface area contributed by atoms with Gasteiger partial charge in [-0.15, -0.1) is 0 Å². The van der Waals surface area contributed by atoms with E-state index >= 15 is 0 Å². The predicted molar refractivity (Wildman–Crippen MR) is 142 cm³/mol. The lowest BCUT2D eigenvalue weighted by atomic mass is 10.0. The van der Waals surface area contributed by atoms with E-state index in [1.807, 2.05) is 24.3 Å². The maximum Gasteiger partial charge on any atom is 0.150 e. The van der Waals surface area contributed by atoms with Crippen molar-refractivity contribution in [2.24, 2.45) is 0 Å². The average Bonchev–Trinajstić information content (AvgIpc) is 2.91. The van der Waals surface area contributed by atoms with Gasteiger partial charge in [0.1, 0.15) is 34.8 Å². The number of carbonyl (C=O) groups is 1. The molecule has 1 nitrogen and oxygen atoms in total. The molecule has 166 valence electrons. The zero-order chi connectivity index (χ0) is 22.5. The van der Waals surface area contributed by atoms with Gasteiger partial charge in [-0.1, -0.05) is 91.0 Å². The van der Waals surface area contributed by atoms with Crippen LogP contribution in [-0.4, -0.2) is 6.29 Å². The van der Waals surface area contributed by atoms with Crippen molar-refractivity contribution >= 4 is 34.8 Å². The Morgan fingerprint density at radius 1 is 0.412 bits per heavy atom. The van der Waals surface area contributed by atoms with E-state index in [1.54, 1.807) is 0 Å². The number of rotatable bonds is 6. The van der Waals surface area contributed by atoms with Crippen LogP contribution in [0, 0.1) is 0 Å². The second-order valence-corrected chi connectivity index (χ2v) is 11.4. The predicted octanol–water partition coefficient (Wildman–Crippen LogP) is 2.79. The van der Waals surface area contributed by atoms with E-state index in [9.17, 15) is 4.79 Å². The Morgan fingerprint density at radius 2 is 0.735 bits per heavy atom. The van der Waals surface area contributed by atoms with Crippen LogP contribution < -0.4 is 38.2 Å². The number of carbonyl (C=O) groups excluding carboxylic acids is 1. The minimum Gasteiger partial charge on any atom is -1.00 e. The van der Waals surface area contributed by atoms with E-state index in [1.165, 1.54) is 21.2 Å². The first kappa shape index (κ1) is 23.8. The minimum absolute atomic E-state index is 0. The molecule has 0 amide bonds. The molecule has 5 aromatic carbocycles. The maximum absolute atomic E-state index is 11.0. The van der Waals surface area contributed by atoms with Gasteiger partial charge in [-0.25, -0.2) is 0 Å². The topological polar surface area (TPSA) is 17.1 Å². The molecule has 0 radical (unpaired) electrons. The second kappa shape index (κ2) is 10.7. The van der Waals surface area contributed by atoms with Gasteiger partial charge in [0.25, 0.3) is 0 Å². The highest BCUT2D eigenvalue weighted by atomic mass is 79.9. The lowest BCUT2D eigenvalue weighted by Crippen LogP contribution is -3.00. The molecule has 0 aliphatic rings. The lowest BCUT2D eigenvalue weighted by Gasteiger charge is -2.27. The zero-order valence-electron chi connectivity index (χ0n) is 18.6. The Morgan fingerprint density at radius 3 is 1.09 bits per heavy atom. The van der Waals surface area contributed by atoms with Crippen LogP contribution in [0.4, 0.5) is 0 Å². The fourth-order valence-corrected chi connectivity index (χ4v) is 8.72. The van der Waals surface area contributed by atoms with Crippen molar-refractivity contribution in [1.82, 2.24) is 0 Å². The lowest BCUT2D eigenvalue weighted by molar-refractivity contribution is -0.0000126. The van der Waals surface area contributed by atoms with Gasteiger partial charge in [-0.3, -0.25) is 4.79 Å². The minimum atomic E-state index is -2.08. The Labute approximate surface area is 212 Å². The van der Waals surface area contributed by atoms with Crippen LogP contribution in [0.15, 0.2) is 140 Å². The third-order valence-electron chi connectivity index (χ3n) is 6.07. The molecule has 0 unspecified atom stereocenters. The van der Waals surface area contributed by atoms with Crippen molar-refractivity contribution in [3.05, 3.63) is 145 Å². The summed E-state index contributed by atoms with van der Waals surface area (Å²) in [4.78, 5) is 11.0. The first-order valence-corrected chi connectivity index (χ1v) is 12.8. The van der Waals surface area contributed by atoms with Crippen LogP contribution in [0.25, 0.3) is 11.1 Å². The van der Waals surface area contributed by atoms with Crippen molar-refractivity contribution in [3.8, 4) is 11.1 Å². The van der Waals surface area contributed by atoms with E-state index in [0.717, 1.165) is 17.4 Å². The van der Waals surface area contributed by atoms with Gasteiger partial charge in [-0.05, 0) is 59.7 Å². The summed E-state index contributed by atoms with van der Waals surface area (Å²) in [6.07, 6.45) is 0.880. The molecule has 34 heavy (non-hydrogen) atoms. The van der Waals surface area contributed by atoms with E-state index in [2.05, 4.69) is 115 Å². The van der Waals surface area contributed by atoms with E-state index < -0.39 is 7.26 Å². The quantitative estimate of drug-likeness (QED) is 0.247. The summed E-state index contributed by atoms with van der Waals surface area (Å²) in [5.74, 6) is 0. The summed E-state index contributed by atoms with van der Waals surface area (Å²) in [5, 5.41) is 5.33. The van der Waals surface area contributed by atoms with Crippen LogP contribution in [-0.2, 0) is 0 Å².